The normalized spacial score (nSPS) is 12.2. The molecule has 0 aliphatic heterocycles. The van der Waals surface area contributed by atoms with Crippen LogP contribution in [0.3, 0.4) is 0 Å². The van der Waals surface area contributed by atoms with Crippen LogP contribution in [0.4, 0.5) is 10.6 Å². The number of hydrogen-bond donors (Lipinski definition) is 4. The van der Waals surface area contributed by atoms with Crippen molar-refractivity contribution in [1.29, 1.82) is 0 Å². The molecule has 10 nitrogen and oxygen atoms in total. The summed E-state index contributed by atoms with van der Waals surface area (Å²) in [5.74, 6) is -0.607. The van der Waals surface area contributed by atoms with E-state index < -0.39 is 29.6 Å². The largest absolute Gasteiger partial charge is 0.436 e. The first-order valence-electron chi connectivity index (χ1n) is 7.93. The van der Waals surface area contributed by atoms with E-state index in [1.807, 2.05) is 0 Å². The molecule has 0 radical (unpaired) electrons. The third-order valence-corrected chi connectivity index (χ3v) is 3.09. The lowest BCUT2D eigenvalue weighted by atomic mass is 10.1. The number of ether oxygens (including phenoxy) is 1. The number of carbonyl (C=O) groups excluding carboxylic acids is 3. The van der Waals surface area contributed by atoms with Crippen molar-refractivity contribution in [2.45, 2.75) is 39.3 Å². The van der Waals surface area contributed by atoms with Gasteiger partial charge in [0.15, 0.2) is 6.10 Å². The summed E-state index contributed by atoms with van der Waals surface area (Å²) >= 11 is 0. The average Bonchev–Trinajstić information content (AvgIpc) is 3.16. The molecule has 0 fully saturated rings. The lowest BCUT2D eigenvalue weighted by molar-refractivity contribution is -0.124. The lowest BCUT2D eigenvalue weighted by Crippen LogP contribution is -2.44. The Kier molecular flexibility index (Phi) is 5.65. The van der Waals surface area contributed by atoms with Crippen LogP contribution in [0.1, 0.15) is 38.2 Å². The number of nitrogens with zero attached hydrogens (tertiary/aromatic N) is 2. The highest BCUT2D eigenvalue weighted by Gasteiger charge is 2.22. The second-order valence-corrected chi connectivity index (χ2v) is 6.59. The summed E-state index contributed by atoms with van der Waals surface area (Å²) in [5, 5.41) is 11.5. The van der Waals surface area contributed by atoms with Crippen molar-refractivity contribution < 1.29 is 19.1 Å². The predicted octanol–water partition coefficient (Wildman–Crippen LogP) is 1.45. The van der Waals surface area contributed by atoms with Crippen LogP contribution in [0.25, 0.3) is 0 Å². The minimum atomic E-state index is -1.05. The summed E-state index contributed by atoms with van der Waals surface area (Å²) in [6.45, 7) is 6.82. The maximum atomic E-state index is 12.3. The number of amides is 3. The van der Waals surface area contributed by atoms with Gasteiger partial charge in [0.25, 0.3) is 11.8 Å². The summed E-state index contributed by atoms with van der Waals surface area (Å²) in [7, 11) is 0. The van der Waals surface area contributed by atoms with Gasteiger partial charge in [0.05, 0.1) is 6.20 Å². The summed E-state index contributed by atoms with van der Waals surface area (Å²) in [5.41, 5.74) is 2.22. The quantitative estimate of drug-likeness (QED) is 0.639. The molecular weight excluding hydrogens is 340 g/mol. The smallest absolute Gasteiger partial charge is 0.408 e. The fourth-order valence-electron chi connectivity index (χ4n) is 1.93. The van der Waals surface area contributed by atoms with E-state index in [1.165, 1.54) is 30.1 Å². The van der Waals surface area contributed by atoms with Gasteiger partial charge in [-0.2, -0.15) is 5.10 Å². The Morgan fingerprint density at radius 2 is 2.00 bits per heavy atom. The van der Waals surface area contributed by atoms with E-state index in [-0.39, 0.29) is 5.69 Å². The van der Waals surface area contributed by atoms with Crippen molar-refractivity contribution in [2.75, 3.05) is 10.7 Å². The van der Waals surface area contributed by atoms with E-state index in [0.717, 1.165) is 0 Å². The van der Waals surface area contributed by atoms with Crippen LogP contribution in [-0.2, 0) is 9.53 Å². The van der Waals surface area contributed by atoms with Gasteiger partial charge in [0, 0.05) is 17.8 Å². The van der Waals surface area contributed by atoms with Gasteiger partial charge in [-0.1, -0.05) is 0 Å². The standard InChI is InChI=1S/C16H22N6O4/c1-10(26-15(25)19-16(2,3)4)13(23)21-22-9-5-6-11(22)14(24)18-12-7-8-17-20-12/h5-10H,1-4H3,(H,19,25)(H,21,23)(H2,17,18,20,24)/t10-/m0/s1. The van der Waals surface area contributed by atoms with Crippen LogP contribution in [0.2, 0.25) is 0 Å². The van der Waals surface area contributed by atoms with Gasteiger partial charge in [0.1, 0.15) is 11.5 Å². The summed E-state index contributed by atoms with van der Waals surface area (Å²) in [6, 6.07) is 4.72. The fraction of sp³-hybridized carbons (Fsp3) is 0.375. The number of aromatic amines is 1. The molecular formula is C16H22N6O4. The molecule has 4 N–H and O–H groups in total. The summed E-state index contributed by atoms with van der Waals surface area (Å²) in [6.07, 6.45) is 1.24. The van der Waals surface area contributed by atoms with E-state index in [2.05, 4.69) is 26.3 Å². The molecule has 2 heterocycles. The molecule has 2 aromatic rings. The fourth-order valence-corrected chi connectivity index (χ4v) is 1.93. The van der Waals surface area contributed by atoms with Gasteiger partial charge < -0.3 is 15.4 Å². The molecule has 2 rings (SSSR count). The van der Waals surface area contributed by atoms with E-state index in [1.54, 1.807) is 32.9 Å². The highest BCUT2D eigenvalue weighted by molar-refractivity contribution is 6.03. The van der Waals surface area contributed by atoms with Crippen LogP contribution in [-0.4, -0.2) is 44.4 Å². The Hall–Kier alpha value is -3.30. The van der Waals surface area contributed by atoms with E-state index in [0.29, 0.717) is 5.82 Å². The van der Waals surface area contributed by atoms with Crippen molar-refractivity contribution in [2.24, 2.45) is 0 Å². The SMILES string of the molecule is C[C@H](OC(=O)NC(C)(C)C)C(=O)Nn1cccc1C(=O)Nc1ccn[nH]1. The molecule has 10 heteroatoms. The van der Waals surface area contributed by atoms with Crippen LogP contribution in [0.15, 0.2) is 30.6 Å². The van der Waals surface area contributed by atoms with Crippen LogP contribution >= 0.6 is 0 Å². The summed E-state index contributed by atoms with van der Waals surface area (Å²) < 4.78 is 6.28. The van der Waals surface area contributed by atoms with E-state index in [4.69, 9.17) is 4.74 Å². The number of nitrogens with one attached hydrogen (secondary N) is 4. The van der Waals surface area contributed by atoms with Crippen molar-refractivity contribution >= 4 is 23.7 Å². The zero-order valence-corrected chi connectivity index (χ0v) is 15.0. The molecule has 3 amide bonds. The molecule has 1 atom stereocenters. The first-order chi connectivity index (χ1) is 12.2. The van der Waals surface area contributed by atoms with Crippen molar-refractivity contribution in [3.05, 3.63) is 36.3 Å². The minimum absolute atomic E-state index is 0.194. The van der Waals surface area contributed by atoms with Crippen LogP contribution in [0.5, 0.6) is 0 Å². The number of H-pyrrole nitrogens is 1. The monoisotopic (exact) mass is 362 g/mol. The molecule has 0 bridgehead atoms. The molecule has 0 aromatic carbocycles. The first-order valence-corrected chi connectivity index (χ1v) is 7.93. The van der Waals surface area contributed by atoms with Crippen molar-refractivity contribution in [3.63, 3.8) is 0 Å². The highest BCUT2D eigenvalue weighted by Crippen LogP contribution is 2.07. The Labute approximate surface area is 150 Å². The maximum Gasteiger partial charge on any atom is 0.408 e. The zero-order valence-electron chi connectivity index (χ0n) is 15.0. The third-order valence-electron chi connectivity index (χ3n) is 3.09. The second kappa shape index (κ2) is 7.72. The van der Waals surface area contributed by atoms with Gasteiger partial charge in [-0.15, -0.1) is 0 Å². The average molecular weight is 362 g/mol. The molecule has 0 aliphatic rings. The predicted molar refractivity (Wildman–Crippen MR) is 94.2 cm³/mol. The third kappa shape index (κ3) is 5.36. The van der Waals surface area contributed by atoms with Crippen molar-refractivity contribution in [1.82, 2.24) is 20.2 Å². The molecule has 2 aromatic heterocycles. The molecule has 140 valence electrons. The molecule has 0 spiro atoms. The minimum Gasteiger partial charge on any atom is -0.436 e. The number of hydrogen-bond acceptors (Lipinski definition) is 5. The van der Waals surface area contributed by atoms with Crippen LogP contribution in [0, 0.1) is 0 Å². The molecule has 0 unspecified atom stereocenters. The molecule has 0 saturated carbocycles. The number of alkyl carbamates (subject to hydrolysis) is 1. The van der Waals surface area contributed by atoms with E-state index in [9.17, 15) is 14.4 Å². The van der Waals surface area contributed by atoms with Gasteiger partial charge in [-0.3, -0.25) is 24.8 Å². The first kappa shape index (κ1) is 19.0. The van der Waals surface area contributed by atoms with Gasteiger partial charge in [-0.25, -0.2) is 4.79 Å². The lowest BCUT2D eigenvalue weighted by Gasteiger charge is -2.22. The molecule has 0 aliphatic carbocycles. The highest BCUT2D eigenvalue weighted by atomic mass is 16.6. The molecule has 0 saturated heterocycles. The topological polar surface area (TPSA) is 130 Å². The van der Waals surface area contributed by atoms with Crippen LogP contribution < -0.4 is 16.1 Å². The summed E-state index contributed by atoms with van der Waals surface area (Å²) in [4.78, 5) is 36.2. The zero-order chi connectivity index (χ0) is 19.3. The Morgan fingerprint density at radius 3 is 2.62 bits per heavy atom. The van der Waals surface area contributed by atoms with Gasteiger partial charge in [-0.05, 0) is 39.8 Å². The number of aromatic nitrogens is 3. The number of rotatable bonds is 5. The number of anilines is 1. The van der Waals surface area contributed by atoms with E-state index >= 15 is 0 Å². The van der Waals surface area contributed by atoms with Gasteiger partial charge >= 0.3 is 6.09 Å². The Morgan fingerprint density at radius 1 is 1.27 bits per heavy atom. The van der Waals surface area contributed by atoms with Gasteiger partial charge in [0.2, 0.25) is 0 Å². The Bertz CT molecular complexity index is 775. The van der Waals surface area contributed by atoms with Crippen molar-refractivity contribution in [3.8, 4) is 0 Å². The second-order valence-electron chi connectivity index (χ2n) is 6.59. The molecule has 26 heavy (non-hydrogen) atoms. The Balaban J connectivity index is 1.96. The maximum absolute atomic E-state index is 12.3. The number of carbonyl (C=O) groups is 3.